The van der Waals surface area contributed by atoms with E-state index in [1.165, 1.54) is 0 Å². The molecule has 1 heterocycles. The van der Waals surface area contributed by atoms with Gasteiger partial charge in [-0.2, -0.15) is 0 Å². The van der Waals surface area contributed by atoms with Gasteiger partial charge in [0.25, 0.3) is 5.91 Å². The zero-order chi connectivity index (χ0) is 15.5. The van der Waals surface area contributed by atoms with Crippen molar-refractivity contribution in [2.24, 2.45) is 0 Å². The minimum absolute atomic E-state index is 0.0307. The number of hydrogen-bond donors (Lipinski definition) is 2. The van der Waals surface area contributed by atoms with Crippen LogP contribution in [0, 0.1) is 0 Å². The van der Waals surface area contributed by atoms with E-state index >= 15 is 0 Å². The van der Waals surface area contributed by atoms with Crippen molar-refractivity contribution < 1.29 is 9.59 Å². The first kappa shape index (κ1) is 14.6. The molecule has 0 fully saturated rings. The summed E-state index contributed by atoms with van der Waals surface area (Å²) in [5.41, 5.74) is 3.60. The Bertz CT molecular complexity index is 726. The Balaban J connectivity index is 1.55. The third-order valence-corrected chi connectivity index (χ3v) is 3.85. The van der Waals surface area contributed by atoms with Crippen LogP contribution in [0.4, 0.5) is 5.69 Å². The number of amides is 2. The number of carbonyl (C=O) groups excluding carboxylic acids is 2. The van der Waals surface area contributed by atoms with Gasteiger partial charge in [-0.15, -0.1) is 0 Å². The van der Waals surface area contributed by atoms with Crippen LogP contribution >= 0.6 is 11.6 Å². The molecule has 0 aromatic heterocycles. The molecule has 2 aromatic carbocycles. The number of fused-ring (bicyclic) bond motifs is 1. The lowest BCUT2D eigenvalue weighted by molar-refractivity contribution is -0.115. The Labute approximate surface area is 133 Å². The van der Waals surface area contributed by atoms with E-state index in [-0.39, 0.29) is 11.8 Å². The van der Waals surface area contributed by atoms with Gasteiger partial charge in [-0.3, -0.25) is 9.59 Å². The van der Waals surface area contributed by atoms with Gasteiger partial charge in [0.1, 0.15) is 0 Å². The number of hydrogen-bond acceptors (Lipinski definition) is 2. The van der Waals surface area contributed by atoms with Crippen LogP contribution in [0.5, 0.6) is 0 Å². The van der Waals surface area contributed by atoms with Crippen LogP contribution in [0.25, 0.3) is 0 Å². The van der Waals surface area contributed by atoms with E-state index in [0.717, 1.165) is 23.2 Å². The maximum absolute atomic E-state index is 12.0. The molecule has 5 heteroatoms. The van der Waals surface area contributed by atoms with Crippen LogP contribution in [0.3, 0.4) is 0 Å². The van der Waals surface area contributed by atoms with Crippen molar-refractivity contribution in [2.45, 2.75) is 12.8 Å². The summed E-state index contributed by atoms with van der Waals surface area (Å²) >= 11 is 5.80. The van der Waals surface area contributed by atoms with E-state index in [1.54, 1.807) is 24.3 Å². The summed E-state index contributed by atoms with van der Waals surface area (Å²) < 4.78 is 0. The Morgan fingerprint density at radius 1 is 1.18 bits per heavy atom. The molecule has 3 rings (SSSR count). The molecule has 2 N–H and O–H groups in total. The van der Waals surface area contributed by atoms with Crippen LogP contribution < -0.4 is 10.6 Å². The number of halogens is 1. The minimum atomic E-state index is -0.116. The molecule has 112 valence electrons. The zero-order valence-corrected chi connectivity index (χ0v) is 12.6. The molecule has 0 aliphatic carbocycles. The Morgan fingerprint density at radius 3 is 2.73 bits per heavy atom. The molecule has 1 aliphatic heterocycles. The first-order chi connectivity index (χ1) is 10.6. The monoisotopic (exact) mass is 314 g/mol. The van der Waals surface area contributed by atoms with Crippen molar-refractivity contribution in [1.29, 1.82) is 0 Å². The van der Waals surface area contributed by atoms with Crippen molar-refractivity contribution in [3.63, 3.8) is 0 Å². The summed E-state index contributed by atoms with van der Waals surface area (Å²) in [6, 6.07) is 12.7. The highest BCUT2D eigenvalue weighted by Gasteiger charge is 2.17. The predicted molar refractivity (Wildman–Crippen MR) is 86.3 cm³/mol. The highest BCUT2D eigenvalue weighted by molar-refractivity contribution is 6.30. The smallest absolute Gasteiger partial charge is 0.251 e. The molecule has 22 heavy (non-hydrogen) atoms. The number of rotatable bonds is 4. The molecule has 2 aromatic rings. The van der Waals surface area contributed by atoms with Crippen molar-refractivity contribution in [3.05, 3.63) is 64.2 Å². The average Bonchev–Trinajstić information content (AvgIpc) is 2.87. The van der Waals surface area contributed by atoms with Gasteiger partial charge in [0.15, 0.2) is 0 Å². The highest BCUT2D eigenvalue weighted by Crippen LogP contribution is 2.23. The van der Waals surface area contributed by atoms with Gasteiger partial charge in [0.2, 0.25) is 5.91 Å². The lowest BCUT2D eigenvalue weighted by Gasteiger charge is -2.07. The number of carbonyl (C=O) groups is 2. The number of benzene rings is 2. The molecule has 4 nitrogen and oxygen atoms in total. The molecule has 0 spiro atoms. The van der Waals surface area contributed by atoms with E-state index in [9.17, 15) is 9.59 Å². The molecule has 0 atom stereocenters. The summed E-state index contributed by atoms with van der Waals surface area (Å²) in [7, 11) is 0. The van der Waals surface area contributed by atoms with Crippen LogP contribution in [0.2, 0.25) is 5.02 Å². The summed E-state index contributed by atoms with van der Waals surface area (Å²) in [4.78, 5) is 23.3. The van der Waals surface area contributed by atoms with E-state index in [2.05, 4.69) is 10.6 Å². The third kappa shape index (κ3) is 3.28. The van der Waals surface area contributed by atoms with Crippen molar-refractivity contribution >= 4 is 29.1 Å². The van der Waals surface area contributed by atoms with Crippen LogP contribution in [-0.4, -0.2) is 18.4 Å². The highest BCUT2D eigenvalue weighted by atomic mass is 35.5. The minimum Gasteiger partial charge on any atom is -0.352 e. The second-order valence-electron chi connectivity index (χ2n) is 5.23. The SMILES string of the molecule is O=C1Cc2cc(CCNC(=O)c3ccc(Cl)cc3)ccc2N1. The van der Waals surface area contributed by atoms with Crippen LogP contribution in [-0.2, 0) is 17.6 Å². The Hall–Kier alpha value is -2.33. The van der Waals surface area contributed by atoms with Crippen molar-refractivity contribution in [3.8, 4) is 0 Å². The fourth-order valence-corrected chi connectivity index (χ4v) is 2.59. The predicted octanol–water partition coefficient (Wildman–Crippen LogP) is 2.81. The quantitative estimate of drug-likeness (QED) is 0.911. The lowest BCUT2D eigenvalue weighted by atomic mass is 10.1. The van der Waals surface area contributed by atoms with Gasteiger partial charge < -0.3 is 10.6 Å². The number of anilines is 1. The zero-order valence-electron chi connectivity index (χ0n) is 11.9. The Kier molecular flexibility index (Phi) is 4.11. The first-order valence-corrected chi connectivity index (χ1v) is 7.45. The van der Waals surface area contributed by atoms with E-state index in [4.69, 9.17) is 11.6 Å². The van der Waals surface area contributed by atoms with Gasteiger partial charge >= 0.3 is 0 Å². The molecule has 1 aliphatic rings. The molecule has 0 unspecified atom stereocenters. The van der Waals surface area contributed by atoms with Crippen LogP contribution in [0.15, 0.2) is 42.5 Å². The summed E-state index contributed by atoms with van der Waals surface area (Å²) in [5.74, 6) is -0.0853. The van der Waals surface area contributed by atoms with Crippen molar-refractivity contribution in [2.75, 3.05) is 11.9 Å². The van der Waals surface area contributed by atoms with E-state index in [1.807, 2.05) is 18.2 Å². The largest absolute Gasteiger partial charge is 0.352 e. The van der Waals surface area contributed by atoms with Gasteiger partial charge in [-0.05, 0) is 47.9 Å². The second-order valence-corrected chi connectivity index (χ2v) is 5.67. The van der Waals surface area contributed by atoms with E-state index < -0.39 is 0 Å². The fourth-order valence-electron chi connectivity index (χ4n) is 2.46. The van der Waals surface area contributed by atoms with Gasteiger partial charge in [-0.25, -0.2) is 0 Å². The molecular weight excluding hydrogens is 300 g/mol. The average molecular weight is 315 g/mol. The van der Waals surface area contributed by atoms with Gasteiger partial charge in [0.05, 0.1) is 6.42 Å². The maximum Gasteiger partial charge on any atom is 0.251 e. The van der Waals surface area contributed by atoms with E-state index in [0.29, 0.717) is 23.6 Å². The van der Waals surface area contributed by atoms with Crippen LogP contribution in [0.1, 0.15) is 21.5 Å². The summed E-state index contributed by atoms with van der Waals surface area (Å²) in [6.45, 7) is 0.543. The fraction of sp³-hybridized carbons (Fsp3) is 0.176. The normalized spacial score (nSPS) is 12.7. The van der Waals surface area contributed by atoms with Gasteiger partial charge in [-0.1, -0.05) is 23.7 Å². The third-order valence-electron chi connectivity index (χ3n) is 3.60. The molecule has 0 radical (unpaired) electrons. The first-order valence-electron chi connectivity index (χ1n) is 7.07. The molecular formula is C17H15ClN2O2. The van der Waals surface area contributed by atoms with Gasteiger partial charge in [0, 0.05) is 22.8 Å². The molecule has 2 amide bonds. The molecule has 0 saturated heterocycles. The molecule has 0 saturated carbocycles. The topological polar surface area (TPSA) is 58.2 Å². The van der Waals surface area contributed by atoms with Crippen molar-refractivity contribution in [1.82, 2.24) is 5.32 Å². The Morgan fingerprint density at radius 2 is 1.95 bits per heavy atom. The second kappa shape index (κ2) is 6.20. The standard InChI is InChI=1S/C17H15ClN2O2/c18-14-4-2-12(3-5-14)17(22)19-8-7-11-1-6-15-13(9-11)10-16(21)20-15/h1-6,9H,7-8,10H2,(H,19,22)(H,20,21). The summed E-state index contributed by atoms with van der Waals surface area (Å²) in [5, 5.41) is 6.29. The summed E-state index contributed by atoms with van der Waals surface area (Å²) in [6.07, 6.45) is 1.15. The maximum atomic E-state index is 12.0. The lowest BCUT2D eigenvalue weighted by Crippen LogP contribution is -2.25. The number of nitrogens with one attached hydrogen (secondary N) is 2. The molecule has 0 bridgehead atoms.